The second kappa shape index (κ2) is 6.15. The van der Waals surface area contributed by atoms with Crippen molar-refractivity contribution in [3.05, 3.63) is 42.0 Å². The van der Waals surface area contributed by atoms with E-state index in [1.165, 1.54) is 18.3 Å². The molecule has 0 aliphatic carbocycles. The van der Waals surface area contributed by atoms with Crippen LogP contribution in [0.25, 0.3) is 5.69 Å². The summed E-state index contributed by atoms with van der Waals surface area (Å²) in [5.41, 5.74) is 0.0252. The van der Waals surface area contributed by atoms with E-state index >= 15 is 0 Å². The Balaban J connectivity index is 1.74. The Labute approximate surface area is 126 Å². The number of nitrogens with zero attached hydrogens (tertiary/aromatic N) is 2. The summed E-state index contributed by atoms with van der Waals surface area (Å²) in [6, 6.07) is 5.99. The Morgan fingerprint density at radius 1 is 1.50 bits per heavy atom. The van der Waals surface area contributed by atoms with Crippen molar-refractivity contribution < 1.29 is 19.0 Å². The van der Waals surface area contributed by atoms with E-state index in [1.54, 1.807) is 12.1 Å². The van der Waals surface area contributed by atoms with Crippen molar-refractivity contribution in [2.24, 2.45) is 0 Å². The van der Waals surface area contributed by atoms with Crippen LogP contribution in [0, 0.1) is 5.82 Å². The second-order valence-electron chi connectivity index (χ2n) is 5.10. The first-order valence-corrected chi connectivity index (χ1v) is 7.08. The van der Waals surface area contributed by atoms with Gasteiger partial charge in [-0.05, 0) is 25.0 Å². The minimum absolute atomic E-state index is 0.000235. The van der Waals surface area contributed by atoms with Crippen LogP contribution in [-0.4, -0.2) is 40.0 Å². The van der Waals surface area contributed by atoms with Crippen LogP contribution in [0.15, 0.2) is 30.5 Å². The number of aromatic nitrogens is 2. The molecular weight excluding hydrogens is 289 g/mol. The second-order valence-corrected chi connectivity index (χ2v) is 5.10. The molecule has 1 aromatic carbocycles. The van der Waals surface area contributed by atoms with Crippen LogP contribution >= 0.6 is 0 Å². The summed E-state index contributed by atoms with van der Waals surface area (Å²) in [5, 5.41) is 16.5. The van der Waals surface area contributed by atoms with Crippen molar-refractivity contribution in [3.63, 3.8) is 0 Å². The minimum Gasteiger partial charge on any atom is -0.504 e. The molecule has 1 aromatic heterocycles. The molecule has 22 heavy (non-hydrogen) atoms. The maximum atomic E-state index is 13.7. The van der Waals surface area contributed by atoms with Gasteiger partial charge in [-0.1, -0.05) is 12.1 Å². The van der Waals surface area contributed by atoms with Gasteiger partial charge in [-0.3, -0.25) is 4.79 Å². The van der Waals surface area contributed by atoms with Crippen molar-refractivity contribution in [3.8, 4) is 11.4 Å². The molecule has 0 radical (unpaired) electrons. The van der Waals surface area contributed by atoms with Gasteiger partial charge in [0, 0.05) is 13.2 Å². The van der Waals surface area contributed by atoms with Gasteiger partial charge < -0.3 is 15.2 Å². The summed E-state index contributed by atoms with van der Waals surface area (Å²) in [4.78, 5) is 12.1. The zero-order valence-corrected chi connectivity index (χ0v) is 11.8. The SMILES string of the molecule is O=C(NCC1CCCO1)c1nn(-c2ccccc2F)cc1O. The van der Waals surface area contributed by atoms with Crippen molar-refractivity contribution in [1.29, 1.82) is 0 Å². The Kier molecular flexibility index (Phi) is 4.06. The molecule has 1 atom stereocenters. The van der Waals surface area contributed by atoms with E-state index in [2.05, 4.69) is 10.4 Å². The number of amides is 1. The van der Waals surface area contributed by atoms with Crippen LogP contribution in [-0.2, 0) is 4.74 Å². The molecule has 116 valence electrons. The largest absolute Gasteiger partial charge is 0.504 e. The lowest BCUT2D eigenvalue weighted by atomic mass is 10.2. The van der Waals surface area contributed by atoms with Crippen LogP contribution in [0.4, 0.5) is 4.39 Å². The Hall–Kier alpha value is -2.41. The van der Waals surface area contributed by atoms with Gasteiger partial charge in [0.2, 0.25) is 0 Å². The number of ether oxygens (including phenoxy) is 1. The van der Waals surface area contributed by atoms with Crippen molar-refractivity contribution >= 4 is 5.91 Å². The van der Waals surface area contributed by atoms with Crippen molar-refractivity contribution in [2.45, 2.75) is 18.9 Å². The third-order valence-corrected chi connectivity index (χ3v) is 3.52. The molecule has 6 nitrogen and oxygen atoms in total. The fraction of sp³-hybridized carbons (Fsp3) is 0.333. The predicted molar refractivity (Wildman–Crippen MR) is 76.5 cm³/mol. The van der Waals surface area contributed by atoms with Gasteiger partial charge in [0.1, 0.15) is 11.5 Å². The lowest BCUT2D eigenvalue weighted by molar-refractivity contribution is 0.0851. The predicted octanol–water partition coefficient (Wildman–Crippen LogP) is 1.63. The quantitative estimate of drug-likeness (QED) is 0.900. The number of aromatic hydroxyl groups is 1. The molecule has 1 aliphatic heterocycles. The molecule has 7 heteroatoms. The van der Waals surface area contributed by atoms with Gasteiger partial charge in [-0.2, -0.15) is 5.10 Å². The van der Waals surface area contributed by atoms with E-state index in [0.717, 1.165) is 17.5 Å². The highest BCUT2D eigenvalue weighted by atomic mass is 19.1. The topological polar surface area (TPSA) is 76.4 Å². The highest BCUT2D eigenvalue weighted by Gasteiger charge is 2.21. The fourth-order valence-electron chi connectivity index (χ4n) is 2.38. The first-order valence-electron chi connectivity index (χ1n) is 7.08. The van der Waals surface area contributed by atoms with Crippen LogP contribution in [0.5, 0.6) is 5.75 Å². The molecule has 1 fully saturated rings. The maximum absolute atomic E-state index is 13.7. The number of hydrogen-bond donors (Lipinski definition) is 2. The Bertz CT molecular complexity index is 680. The summed E-state index contributed by atoms with van der Waals surface area (Å²) in [7, 11) is 0. The zero-order valence-electron chi connectivity index (χ0n) is 11.8. The van der Waals surface area contributed by atoms with E-state index in [9.17, 15) is 14.3 Å². The van der Waals surface area contributed by atoms with Gasteiger partial charge >= 0.3 is 0 Å². The highest BCUT2D eigenvalue weighted by Crippen LogP contribution is 2.20. The van der Waals surface area contributed by atoms with Gasteiger partial charge in [-0.25, -0.2) is 9.07 Å². The third-order valence-electron chi connectivity index (χ3n) is 3.52. The maximum Gasteiger partial charge on any atom is 0.275 e. The highest BCUT2D eigenvalue weighted by molar-refractivity contribution is 5.94. The molecule has 2 N–H and O–H groups in total. The first kappa shape index (κ1) is 14.5. The average molecular weight is 305 g/mol. The number of nitrogens with one attached hydrogen (secondary N) is 1. The standard InChI is InChI=1S/C15H16FN3O3/c16-11-5-1-2-6-12(11)19-9-13(20)14(18-19)15(21)17-8-10-4-3-7-22-10/h1-2,5-6,9-10,20H,3-4,7-8H2,(H,17,21). The number of carbonyl (C=O) groups is 1. The van der Waals surface area contributed by atoms with Crippen LogP contribution in [0.2, 0.25) is 0 Å². The normalized spacial score (nSPS) is 17.6. The van der Waals surface area contributed by atoms with Gasteiger partial charge in [0.05, 0.1) is 12.3 Å². The van der Waals surface area contributed by atoms with Crippen LogP contribution in [0.1, 0.15) is 23.3 Å². The van der Waals surface area contributed by atoms with E-state index < -0.39 is 11.7 Å². The van der Waals surface area contributed by atoms with Gasteiger partial charge in [-0.15, -0.1) is 0 Å². The monoisotopic (exact) mass is 305 g/mol. The molecule has 0 spiro atoms. The molecule has 2 aromatic rings. The lowest BCUT2D eigenvalue weighted by Crippen LogP contribution is -2.32. The number of carbonyl (C=O) groups excluding carboxylic acids is 1. The number of halogens is 1. The number of hydrogen-bond acceptors (Lipinski definition) is 4. The molecule has 2 heterocycles. The van der Waals surface area contributed by atoms with E-state index in [0.29, 0.717) is 13.2 Å². The fourth-order valence-corrected chi connectivity index (χ4v) is 2.38. The smallest absolute Gasteiger partial charge is 0.275 e. The molecular formula is C15H16FN3O3. The van der Waals surface area contributed by atoms with Gasteiger partial charge in [0.15, 0.2) is 11.4 Å². The minimum atomic E-state index is -0.511. The molecule has 1 saturated heterocycles. The number of para-hydroxylation sites is 1. The molecule has 1 amide bonds. The van der Waals surface area contributed by atoms with E-state index in [4.69, 9.17) is 4.74 Å². The van der Waals surface area contributed by atoms with Crippen molar-refractivity contribution in [1.82, 2.24) is 15.1 Å². The summed E-state index contributed by atoms with van der Waals surface area (Å²) >= 11 is 0. The summed E-state index contributed by atoms with van der Waals surface area (Å²) in [6.07, 6.45) is 3.09. The summed E-state index contributed by atoms with van der Waals surface area (Å²) in [5.74, 6) is -1.30. The van der Waals surface area contributed by atoms with Crippen molar-refractivity contribution in [2.75, 3.05) is 13.2 Å². The molecule has 0 saturated carbocycles. The number of rotatable bonds is 4. The van der Waals surface area contributed by atoms with Crippen LogP contribution in [0.3, 0.4) is 0 Å². The molecule has 3 rings (SSSR count). The number of benzene rings is 1. The first-order chi connectivity index (χ1) is 10.6. The van der Waals surface area contributed by atoms with E-state index in [1.807, 2.05) is 0 Å². The Morgan fingerprint density at radius 3 is 3.05 bits per heavy atom. The Morgan fingerprint density at radius 2 is 2.32 bits per heavy atom. The molecule has 1 aliphatic rings. The zero-order chi connectivity index (χ0) is 15.5. The lowest BCUT2D eigenvalue weighted by Gasteiger charge is -2.09. The molecule has 1 unspecified atom stereocenters. The van der Waals surface area contributed by atoms with Gasteiger partial charge in [0.25, 0.3) is 5.91 Å². The van der Waals surface area contributed by atoms with E-state index in [-0.39, 0.29) is 23.2 Å². The van der Waals surface area contributed by atoms with Crippen LogP contribution < -0.4 is 5.32 Å². The average Bonchev–Trinajstić information content (AvgIpc) is 3.15. The summed E-state index contributed by atoms with van der Waals surface area (Å²) < 4.78 is 20.3. The molecule has 0 bridgehead atoms. The summed E-state index contributed by atoms with van der Waals surface area (Å²) in [6.45, 7) is 1.07. The third kappa shape index (κ3) is 2.94.